The largest absolute Gasteiger partial charge is 0.497 e. The zero-order chi connectivity index (χ0) is 25.1. The monoisotopic (exact) mass is 472 g/mol. The molecular weight excluding hydrogens is 436 g/mol. The van der Waals surface area contributed by atoms with Crippen molar-refractivity contribution in [3.8, 4) is 23.0 Å². The fourth-order valence-corrected chi connectivity index (χ4v) is 3.42. The van der Waals surface area contributed by atoms with Crippen molar-refractivity contribution in [2.45, 2.75) is 52.2 Å². The summed E-state index contributed by atoms with van der Waals surface area (Å²) in [5.41, 5.74) is 0.852. The van der Waals surface area contributed by atoms with Crippen LogP contribution >= 0.6 is 0 Å². The Morgan fingerprint density at radius 3 is 2.06 bits per heavy atom. The van der Waals surface area contributed by atoms with Gasteiger partial charge in [-0.1, -0.05) is 26.0 Å². The van der Waals surface area contributed by atoms with E-state index in [1.54, 1.807) is 44.4 Å². The van der Waals surface area contributed by atoms with E-state index >= 15 is 0 Å². The van der Waals surface area contributed by atoms with Crippen LogP contribution in [0.5, 0.6) is 23.0 Å². The van der Waals surface area contributed by atoms with Crippen molar-refractivity contribution < 1.29 is 28.5 Å². The van der Waals surface area contributed by atoms with Crippen LogP contribution in [0.4, 0.5) is 0 Å². The van der Waals surface area contributed by atoms with Gasteiger partial charge in [0.05, 0.1) is 21.3 Å². The summed E-state index contributed by atoms with van der Waals surface area (Å²) in [6.07, 6.45) is 1.26. The van der Waals surface area contributed by atoms with E-state index < -0.39 is 6.04 Å². The molecule has 0 heterocycles. The van der Waals surface area contributed by atoms with Crippen LogP contribution < -0.4 is 24.3 Å². The first kappa shape index (κ1) is 26.8. The van der Waals surface area contributed by atoms with Crippen LogP contribution in [-0.2, 0) is 16.1 Å². The molecule has 186 valence electrons. The van der Waals surface area contributed by atoms with Crippen LogP contribution in [0.25, 0.3) is 0 Å². The zero-order valence-electron chi connectivity index (χ0n) is 20.9. The van der Waals surface area contributed by atoms with Gasteiger partial charge in [-0.05, 0) is 37.5 Å². The number of hydrogen-bond acceptors (Lipinski definition) is 6. The number of carbonyl (C=O) groups excluding carboxylic acids is 2. The lowest BCUT2D eigenvalue weighted by Gasteiger charge is -2.31. The lowest BCUT2D eigenvalue weighted by atomic mass is 10.1. The van der Waals surface area contributed by atoms with Crippen molar-refractivity contribution in [1.82, 2.24) is 10.2 Å². The Kier molecular flexibility index (Phi) is 10.5. The van der Waals surface area contributed by atoms with Crippen LogP contribution in [0.15, 0.2) is 42.5 Å². The summed E-state index contributed by atoms with van der Waals surface area (Å²) in [5.74, 6) is 1.72. The molecule has 2 amide bonds. The summed E-state index contributed by atoms with van der Waals surface area (Å²) >= 11 is 0. The van der Waals surface area contributed by atoms with E-state index in [1.807, 2.05) is 45.0 Å². The van der Waals surface area contributed by atoms with E-state index in [9.17, 15) is 9.59 Å². The maximum absolute atomic E-state index is 13.4. The molecule has 0 aliphatic rings. The van der Waals surface area contributed by atoms with Gasteiger partial charge in [-0.3, -0.25) is 9.59 Å². The van der Waals surface area contributed by atoms with Gasteiger partial charge in [-0.2, -0.15) is 0 Å². The summed E-state index contributed by atoms with van der Waals surface area (Å²) in [6, 6.07) is 11.9. The minimum Gasteiger partial charge on any atom is -0.497 e. The summed E-state index contributed by atoms with van der Waals surface area (Å²) in [7, 11) is 4.68. The second-order valence-electron chi connectivity index (χ2n) is 7.95. The zero-order valence-corrected chi connectivity index (χ0v) is 20.9. The average Bonchev–Trinajstić information content (AvgIpc) is 2.86. The lowest BCUT2D eigenvalue weighted by Crippen LogP contribution is -2.51. The van der Waals surface area contributed by atoms with Crippen LogP contribution in [0.1, 0.15) is 39.2 Å². The highest BCUT2D eigenvalue weighted by atomic mass is 16.5. The molecule has 0 fully saturated rings. The predicted octanol–water partition coefficient (Wildman–Crippen LogP) is 3.81. The van der Waals surface area contributed by atoms with Gasteiger partial charge in [-0.15, -0.1) is 0 Å². The standard InChI is InChI=1S/C26H36N2O6/c1-7-18(3)27-26(30)24(8-2)28(16-19-10-9-11-20(12-19)31-4)25(29)17-34-23-14-21(32-5)13-22(15-23)33-6/h9-15,18,24H,7-8,16-17H2,1-6H3,(H,27,30). The first-order chi connectivity index (χ1) is 16.3. The molecule has 0 aliphatic carbocycles. The molecular formula is C26H36N2O6. The van der Waals surface area contributed by atoms with Crippen molar-refractivity contribution in [2.24, 2.45) is 0 Å². The Bertz CT molecular complexity index is 926. The summed E-state index contributed by atoms with van der Waals surface area (Å²) in [6.45, 7) is 5.83. The van der Waals surface area contributed by atoms with Gasteiger partial charge < -0.3 is 29.2 Å². The van der Waals surface area contributed by atoms with Crippen molar-refractivity contribution in [3.05, 3.63) is 48.0 Å². The molecule has 0 spiro atoms. The molecule has 8 nitrogen and oxygen atoms in total. The van der Waals surface area contributed by atoms with Gasteiger partial charge in [-0.25, -0.2) is 0 Å². The van der Waals surface area contributed by atoms with E-state index in [0.717, 1.165) is 12.0 Å². The number of hydrogen-bond donors (Lipinski definition) is 1. The van der Waals surface area contributed by atoms with Gasteiger partial charge in [0.2, 0.25) is 5.91 Å². The molecule has 2 atom stereocenters. The molecule has 0 radical (unpaired) electrons. The second kappa shape index (κ2) is 13.3. The Balaban J connectivity index is 2.27. The van der Waals surface area contributed by atoms with Crippen molar-refractivity contribution >= 4 is 11.8 Å². The topological polar surface area (TPSA) is 86.3 Å². The molecule has 0 aliphatic heterocycles. The molecule has 2 aromatic carbocycles. The van der Waals surface area contributed by atoms with Gasteiger partial charge in [0.15, 0.2) is 6.61 Å². The second-order valence-corrected chi connectivity index (χ2v) is 7.95. The highest BCUT2D eigenvalue weighted by Gasteiger charge is 2.29. The molecule has 34 heavy (non-hydrogen) atoms. The lowest BCUT2D eigenvalue weighted by molar-refractivity contribution is -0.143. The SMILES string of the molecule is CCC(C)NC(=O)C(CC)N(Cc1cccc(OC)c1)C(=O)COc1cc(OC)cc(OC)c1. The predicted molar refractivity (Wildman–Crippen MR) is 131 cm³/mol. The van der Waals surface area contributed by atoms with E-state index in [2.05, 4.69) is 5.32 Å². The van der Waals surface area contributed by atoms with E-state index in [0.29, 0.717) is 29.4 Å². The van der Waals surface area contributed by atoms with Crippen LogP contribution in [-0.4, -0.2) is 56.7 Å². The molecule has 8 heteroatoms. The molecule has 2 unspecified atom stereocenters. The molecule has 0 saturated carbocycles. The molecule has 0 bridgehead atoms. The molecule has 2 aromatic rings. The van der Waals surface area contributed by atoms with Gasteiger partial charge >= 0.3 is 0 Å². The fourth-order valence-electron chi connectivity index (χ4n) is 3.42. The Morgan fingerprint density at radius 1 is 0.882 bits per heavy atom. The fraction of sp³-hybridized carbons (Fsp3) is 0.462. The number of benzene rings is 2. The third-order valence-electron chi connectivity index (χ3n) is 5.56. The third kappa shape index (κ3) is 7.57. The number of methoxy groups -OCH3 is 3. The molecule has 2 rings (SSSR count). The minimum atomic E-state index is -0.642. The van der Waals surface area contributed by atoms with Crippen molar-refractivity contribution in [3.63, 3.8) is 0 Å². The Morgan fingerprint density at radius 2 is 1.50 bits per heavy atom. The van der Waals surface area contributed by atoms with E-state index in [-0.39, 0.29) is 31.0 Å². The van der Waals surface area contributed by atoms with E-state index in [1.165, 1.54) is 0 Å². The number of ether oxygens (including phenoxy) is 4. The Labute approximate surface area is 202 Å². The number of nitrogens with zero attached hydrogens (tertiary/aromatic N) is 1. The van der Waals surface area contributed by atoms with Crippen LogP contribution in [0.3, 0.4) is 0 Å². The maximum atomic E-state index is 13.4. The highest BCUT2D eigenvalue weighted by Crippen LogP contribution is 2.27. The molecule has 0 saturated heterocycles. The Hall–Kier alpha value is -3.42. The van der Waals surface area contributed by atoms with Gasteiger partial charge in [0, 0.05) is 30.8 Å². The first-order valence-electron chi connectivity index (χ1n) is 11.4. The van der Waals surface area contributed by atoms with Crippen LogP contribution in [0, 0.1) is 0 Å². The highest BCUT2D eigenvalue weighted by molar-refractivity contribution is 5.88. The van der Waals surface area contributed by atoms with Gasteiger partial charge in [0.1, 0.15) is 29.0 Å². The number of carbonyl (C=O) groups is 2. The quantitative estimate of drug-likeness (QED) is 0.477. The number of nitrogens with one attached hydrogen (secondary N) is 1. The molecule has 0 aromatic heterocycles. The third-order valence-corrected chi connectivity index (χ3v) is 5.56. The van der Waals surface area contributed by atoms with Crippen molar-refractivity contribution in [2.75, 3.05) is 27.9 Å². The number of rotatable bonds is 13. The van der Waals surface area contributed by atoms with Crippen LogP contribution in [0.2, 0.25) is 0 Å². The van der Waals surface area contributed by atoms with Crippen molar-refractivity contribution in [1.29, 1.82) is 0 Å². The van der Waals surface area contributed by atoms with Gasteiger partial charge in [0.25, 0.3) is 5.91 Å². The maximum Gasteiger partial charge on any atom is 0.261 e. The van der Waals surface area contributed by atoms with E-state index in [4.69, 9.17) is 18.9 Å². The smallest absolute Gasteiger partial charge is 0.261 e. The first-order valence-corrected chi connectivity index (χ1v) is 11.4. The summed E-state index contributed by atoms with van der Waals surface area (Å²) in [4.78, 5) is 28.0. The average molecular weight is 473 g/mol. The summed E-state index contributed by atoms with van der Waals surface area (Å²) < 4.78 is 21.6. The molecule has 1 N–H and O–H groups in total. The minimum absolute atomic E-state index is 0.0100. The summed E-state index contributed by atoms with van der Waals surface area (Å²) in [5, 5.41) is 3.00. The normalized spacial score (nSPS) is 12.3. The number of amides is 2.